The molecule has 0 spiro atoms. The fourth-order valence-corrected chi connectivity index (χ4v) is 1.66. The zero-order valence-electron chi connectivity index (χ0n) is 8.55. The van der Waals surface area contributed by atoms with Gasteiger partial charge in [-0.15, -0.1) is 0 Å². The number of hydrogen-bond acceptors (Lipinski definition) is 3. The summed E-state index contributed by atoms with van der Waals surface area (Å²) in [5.74, 6) is 0.423. The quantitative estimate of drug-likeness (QED) is 0.700. The van der Waals surface area contributed by atoms with Crippen molar-refractivity contribution in [3.63, 3.8) is 0 Å². The molecule has 0 saturated heterocycles. The van der Waals surface area contributed by atoms with Crippen LogP contribution in [0.2, 0.25) is 0 Å². The molecule has 0 amide bonds. The van der Waals surface area contributed by atoms with Crippen LogP contribution in [-0.2, 0) is 0 Å². The predicted octanol–water partition coefficient (Wildman–Crippen LogP) is 2.34. The second kappa shape index (κ2) is 6.18. The highest BCUT2D eigenvalue weighted by Gasteiger charge is 2.18. The van der Waals surface area contributed by atoms with Crippen LogP contribution in [0.3, 0.4) is 0 Å². The average molecular weight is 248 g/mol. The van der Waals surface area contributed by atoms with E-state index in [1.165, 1.54) is 24.3 Å². The van der Waals surface area contributed by atoms with Gasteiger partial charge >= 0.3 is 0 Å². The van der Waals surface area contributed by atoms with Gasteiger partial charge in [-0.1, -0.05) is 18.2 Å². The van der Waals surface area contributed by atoms with Crippen LogP contribution in [0.5, 0.6) is 0 Å². The molecule has 0 aromatic heterocycles. The summed E-state index contributed by atoms with van der Waals surface area (Å²) in [6, 6.07) is 5.44. The number of alkyl halides is 2. The van der Waals surface area contributed by atoms with E-state index in [1.807, 2.05) is 0 Å². The molecule has 1 aromatic carbocycles. The van der Waals surface area contributed by atoms with E-state index in [9.17, 15) is 19.0 Å². The maximum Gasteiger partial charge on any atom is 0.263 e. The Bertz CT molecular complexity index is 334. The fraction of sp³-hybridized carbons (Fsp3) is 0.455. The molecule has 2 atom stereocenters. The van der Waals surface area contributed by atoms with Crippen molar-refractivity contribution in [1.82, 2.24) is 0 Å². The van der Waals surface area contributed by atoms with E-state index in [2.05, 4.69) is 12.6 Å². The van der Waals surface area contributed by atoms with Gasteiger partial charge in [0.15, 0.2) is 0 Å². The maximum atomic E-state index is 12.4. The van der Waals surface area contributed by atoms with Gasteiger partial charge in [-0.25, -0.2) is 8.78 Å². The lowest BCUT2D eigenvalue weighted by Crippen LogP contribution is -2.18. The van der Waals surface area contributed by atoms with E-state index in [4.69, 9.17) is 0 Å². The molecular formula is C11H14F2O2S. The molecule has 0 aliphatic carbocycles. The molecular weight excluding hydrogens is 234 g/mol. The summed E-state index contributed by atoms with van der Waals surface area (Å²) < 4.78 is 24.8. The van der Waals surface area contributed by atoms with Gasteiger partial charge in [-0.3, -0.25) is 0 Å². The van der Waals surface area contributed by atoms with Gasteiger partial charge in [0.05, 0.1) is 6.10 Å². The molecule has 16 heavy (non-hydrogen) atoms. The van der Waals surface area contributed by atoms with E-state index < -0.39 is 18.6 Å². The lowest BCUT2D eigenvalue weighted by atomic mass is 10.0. The third-order valence-corrected chi connectivity index (χ3v) is 2.55. The number of aliphatic hydroxyl groups excluding tert-OH is 2. The predicted molar refractivity (Wildman–Crippen MR) is 60.8 cm³/mol. The standard InChI is InChI=1S/C11H14F2O2S/c12-11(13)8-3-1-2-7(6-8)10(15)9(14)4-5-16/h1-3,6,9-11,14-16H,4-5H2. The van der Waals surface area contributed by atoms with Gasteiger partial charge in [0.1, 0.15) is 6.10 Å². The number of rotatable bonds is 5. The second-order valence-corrected chi connectivity index (χ2v) is 3.94. The summed E-state index contributed by atoms with van der Waals surface area (Å²) >= 11 is 3.93. The van der Waals surface area contributed by atoms with Gasteiger partial charge in [-0.2, -0.15) is 12.6 Å². The second-order valence-electron chi connectivity index (χ2n) is 3.50. The van der Waals surface area contributed by atoms with Crippen molar-refractivity contribution >= 4 is 12.6 Å². The van der Waals surface area contributed by atoms with E-state index in [0.717, 1.165) is 0 Å². The molecule has 90 valence electrons. The molecule has 2 N–H and O–H groups in total. The van der Waals surface area contributed by atoms with Crippen LogP contribution in [0.1, 0.15) is 30.1 Å². The van der Waals surface area contributed by atoms with Crippen molar-refractivity contribution in [1.29, 1.82) is 0 Å². The molecule has 0 bridgehead atoms. The summed E-state index contributed by atoms with van der Waals surface area (Å²) in [5.41, 5.74) is 0.140. The Hall–Kier alpha value is -0.650. The van der Waals surface area contributed by atoms with Crippen LogP contribution in [-0.4, -0.2) is 22.1 Å². The summed E-state index contributed by atoms with van der Waals surface area (Å²) in [5, 5.41) is 19.2. The number of benzene rings is 1. The molecule has 1 rings (SSSR count). The van der Waals surface area contributed by atoms with Gasteiger partial charge in [0.2, 0.25) is 0 Å². The van der Waals surface area contributed by atoms with E-state index >= 15 is 0 Å². The maximum absolute atomic E-state index is 12.4. The van der Waals surface area contributed by atoms with Crippen molar-refractivity contribution in [2.45, 2.75) is 25.1 Å². The highest BCUT2D eigenvalue weighted by Crippen LogP contribution is 2.25. The van der Waals surface area contributed by atoms with Gasteiger partial charge < -0.3 is 10.2 Å². The first-order chi connectivity index (χ1) is 7.56. The molecule has 0 fully saturated rings. The Morgan fingerprint density at radius 1 is 1.19 bits per heavy atom. The highest BCUT2D eigenvalue weighted by atomic mass is 32.1. The zero-order chi connectivity index (χ0) is 12.1. The number of thiol groups is 1. The van der Waals surface area contributed by atoms with Crippen molar-refractivity contribution in [2.24, 2.45) is 0 Å². The van der Waals surface area contributed by atoms with Crippen molar-refractivity contribution in [3.8, 4) is 0 Å². The van der Waals surface area contributed by atoms with Crippen molar-refractivity contribution in [2.75, 3.05) is 5.75 Å². The van der Waals surface area contributed by atoms with Crippen LogP contribution in [0.25, 0.3) is 0 Å². The van der Waals surface area contributed by atoms with Crippen molar-refractivity contribution < 1.29 is 19.0 Å². The van der Waals surface area contributed by atoms with Crippen LogP contribution in [0.15, 0.2) is 24.3 Å². The first-order valence-corrected chi connectivity index (χ1v) is 5.54. The highest BCUT2D eigenvalue weighted by molar-refractivity contribution is 7.80. The molecule has 2 nitrogen and oxygen atoms in total. The zero-order valence-corrected chi connectivity index (χ0v) is 9.45. The van der Waals surface area contributed by atoms with E-state index in [0.29, 0.717) is 17.7 Å². The average Bonchev–Trinajstić information content (AvgIpc) is 2.28. The lowest BCUT2D eigenvalue weighted by molar-refractivity contribution is 0.0170. The molecule has 2 unspecified atom stereocenters. The molecule has 0 aliphatic heterocycles. The Morgan fingerprint density at radius 3 is 2.38 bits per heavy atom. The van der Waals surface area contributed by atoms with Crippen LogP contribution in [0.4, 0.5) is 8.78 Å². The third kappa shape index (κ3) is 3.43. The van der Waals surface area contributed by atoms with Crippen molar-refractivity contribution in [3.05, 3.63) is 35.4 Å². The van der Waals surface area contributed by atoms with E-state index in [-0.39, 0.29) is 5.56 Å². The summed E-state index contributed by atoms with van der Waals surface area (Å²) in [4.78, 5) is 0. The Kier molecular flexibility index (Phi) is 5.18. The molecule has 0 heterocycles. The molecule has 0 radical (unpaired) electrons. The van der Waals surface area contributed by atoms with Crippen LogP contribution >= 0.6 is 12.6 Å². The minimum atomic E-state index is -2.57. The van der Waals surface area contributed by atoms with Gasteiger partial charge in [-0.05, 0) is 23.8 Å². The monoisotopic (exact) mass is 248 g/mol. The minimum Gasteiger partial charge on any atom is -0.390 e. The molecule has 5 heteroatoms. The van der Waals surface area contributed by atoms with Crippen LogP contribution < -0.4 is 0 Å². The smallest absolute Gasteiger partial charge is 0.263 e. The van der Waals surface area contributed by atoms with E-state index in [1.54, 1.807) is 0 Å². The SMILES string of the molecule is OC(CCS)C(O)c1cccc(C(F)F)c1. The lowest BCUT2D eigenvalue weighted by Gasteiger charge is -2.17. The third-order valence-electron chi connectivity index (χ3n) is 2.29. The fourth-order valence-electron chi connectivity index (χ4n) is 1.39. The summed E-state index contributed by atoms with van der Waals surface area (Å²) in [6.45, 7) is 0. The number of halogens is 2. The Labute approximate surface area is 98.3 Å². The number of aliphatic hydroxyl groups is 2. The minimum absolute atomic E-state index is 0.158. The van der Waals surface area contributed by atoms with Crippen LogP contribution in [0, 0.1) is 0 Å². The Balaban J connectivity index is 2.82. The summed E-state index contributed by atoms with van der Waals surface area (Å²) in [6.07, 6.45) is -4.39. The van der Waals surface area contributed by atoms with Gasteiger partial charge in [0, 0.05) is 5.56 Å². The largest absolute Gasteiger partial charge is 0.390 e. The molecule has 0 aliphatic rings. The first-order valence-electron chi connectivity index (χ1n) is 4.91. The summed E-state index contributed by atoms with van der Waals surface area (Å²) in [7, 11) is 0. The topological polar surface area (TPSA) is 40.5 Å². The first kappa shape index (κ1) is 13.4. The van der Waals surface area contributed by atoms with Gasteiger partial charge in [0.25, 0.3) is 6.43 Å². The molecule has 0 saturated carbocycles. The molecule has 1 aromatic rings. The normalized spacial score (nSPS) is 15.1. The number of hydrogen-bond donors (Lipinski definition) is 3. The Morgan fingerprint density at radius 2 is 1.81 bits per heavy atom.